The summed E-state index contributed by atoms with van der Waals surface area (Å²) in [5.74, 6) is 4.89. The maximum atomic E-state index is 13.2. The standard InChI is InChI=1S/C22H31N3O6S/c1-6-23(5)16(2)8-7-15-31-19-9-11-20(12-10-19)32(29,30)25-14-13-24(18(4)26)17(3)21(25)22(27)28/h9-12,16-17,21H,6,13-15H2,1-5H3,(H,27,28). The van der Waals surface area contributed by atoms with Gasteiger partial charge in [0, 0.05) is 20.0 Å². The van der Waals surface area contributed by atoms with Gasteiger partial charge in [-0.25, -0.2) is 8.42 Å². The quantitative estimate of drug-likeness (QED) is 0.601. The number of carboxylic acid groups (broad SMARTS) is 1. The van der Waals surface area contributed by atoms with Crippen molar-refractivity contribution in [3.05, 3.63) is 24.3 Å². The topological polar surface area (TPSA) is 107 Å². The first-order chi connectivity index (χ1) is 15.0. The van der Waals surface area contributed by atoms with Gasteiger partial charge in [0.15, 0.2) is 0 Å². The lowest BCUT2D eigenvalue weighted by Crippen LogP contribution is -2.63. The first-order valence-electron chi connectivity index (χ1n) is 10.4. The second-order valence-corrected chi connectivity index (χ2v) is 9.57. The van der Waals surface area contributed by atoms with Gasteiger partial charge in [0.2, 0.25) is 15.9 Å². The van der Waals surface area contributed by atoms with E-state index in [1.807, 2.05) is 20.9 Å². The summed E-state index contributed by atoms with van der Waals surface area (Å²) in [6, 6.07) is 3.74. The molecule has 1 N–H and O–H groups in total. The van der Waals surface area contributed by atoms with E-state index in [0.717, 1.165) is 10.8 Å². The summed E-state index contributed by atoms with van der Waals surface area (Å²) in [4.78, 5) is 27.1. The molecule has 1 aliphatic heterocycles. The first kappa shape index (κ1) is 25.6. The van der Waals surface area contributed by atoms with Gasteiger partial charge in [0.05, 0.1) is 17.0 Å². The van der Waals surface area contributed by atoms with Crippen LogP contribution in [-0.4, -0.2) is 90.9 Å². The monoisotopic (exact) mass is 465 g/mol. The third-order valence-corrected chi connectivity index (χ3v) is 7.58. The van der Waals surface area contributed by atoms with Crippen LogP contribution in [-0.2, 0) is 19.6 Å². The van der Waals surface area contributed by atoms with Gasteiger partial charge >= 0.3 is 5.97 Å². The van der Waals surface area contributed by atoms with Crippen LogP contribution >= 0.6 is 0 Å². The Morgan fingerprint density at radius 3 is 2.44 bits per heavy atom. The van der Waals surface area contributed by atoms with E-state index < -0.39 is 28.1 Å². The molecule has 1 aliphatic rings. The van der Waals surface area contributed by atoms with Crippen LogP contribution < -0.4 is 4.74 Å². The Hall–Kier alpha value is -2.61. The number of carboxylic acids is 1. The van der Waals surface area contributed by atoms with Gasteiger partial charge in [0.25, 0.3) is 0 Å². The Morgan fingerprint density at radius 1 is 1.28 bits per heavy atom. The molecule has 1 saturated heterocycles. The Kier molecular flexibility index (Phi) is 8.66. The number of rotatable bonds is 7. The molecule has 0 aromatic heterocycles. The minimum atomic E-state index is -4.08. The molecule has 176 valence electrons. The third kappa shape index (κ3) is 5.79. The Morgan fingerprint density at radius 2 is 1.91 bits per heavy atom. The number of amides is 1. The summed E-state index contributed by atoms with van der Waals surface area (Å²) < 4.78 is 32.8. The highest BCUT2D eigenvalue weighted by Crippen LogP contribution is 2.26. The molecule has 3 unspecified atom stereocenters. The van der Waals surface area contributed by atoms with E-state index in [-0.39, 0.29) is 36.5 Å². The minimum absolute atomic E-state index is 0.0381. The largest absolute Gasteiger partial charge is 0.481 e. The van der Waals surface area contributed by atoms with Gasteiger partial charge in [-0.3, -0.25) is 14.5 Å². The van der Waals surface area contributed by atoms with E-state index in [1.54, 1.807) is 6.92 Å². The number of sulfonamides is 1. The van der Waals surface area contributed by atoms with E-state index in [4.69, 9.17) is 4.74 Å². The zero-order valence-corrected chi connectivity index (χ0v) is 19.9. The number of nitrogens with zero attached hydrogens (tertiary/aromatic N) is 3. The number of hydrogen-bond donors (Lipinski definition) is 1. The summed E-state index contributed by atoms with van der Waals surface area (Å²) in [5, 5.41) is 9.66. The van der Waals surface area contributed by atoms with Crippen LogP contribution in [0.5, 0.6) is 5.75 Å². The second kappa shape index (κ2) is 10.8. The van der Waals surface area contributed by atoms with Crippen molar-refractivity contribution in [2.45, 2.75) is 50.7 Å². The minimum Gasteiger partial charge on any atom is -0.481 e. The van der Waals surface area contributed by atoms with Gasteiger partial charge < -0.3 is 14.7 Å². The molecule has 1 heterocycles. The van der Waals surface area contributed by atoms with Gasteiger partial charge in [-0.05, 0) is 51.7 Å². The molecule has 1 amide bonds. The predicted molar refractivity (Wildman–Crippen MR) is 120 cm³/mol. The van der Waals surface area contributed by atoms with E-state index in [9.17, 15) is 23.1 Å². The van der Waals surface area contributed by atoms with Crippen LogP contribution in [0.25, 0.3) is 0 Å². The number of piperazine rings is 1. The second-order valence-electron chi connectivity index (χ2n) is 7.68. The van der Waals surface area contributed by atoms with Crippen molar-refractivity contribution in [1.29, 1.82) is 0 Å². The summed E-state index contributed by atoms with van der Waals surface area (Å²) >= 11 is 0. The molecular formula is C22H31N3O6S. The first-order valence-corrected chi connectivity index (χ1v) is 11.9. The fraction of sp³-hybridized carbons (Fsp3) is 0.545. The van der Waals surface area contributed by atoms with E-state index in [0.29, 0.717) is 5.75 Å². The molecule has 0 saturated carbocycles. The highest BCUT2D eigenvalue weighted by atomic mass is 32.2. The van der Waals surface area contributed by atoms with Crippen LogP contribution in [0.15, 0.2) is 29.2 Å². The lowest BCUT2D eigenvalue weighted by atomic mass is 10.1. The fourth-order valence-corrected chi connectivity index (χ4v) is 5.18. The maximum absolute atomic E-state index is 13.2. The van der Waals surface area contributed by atoms with Gasteiger partial charge in [-0.2, -0.15) is 4.31 Å². The van der Waals surface area contributed by atoms with E-state index in [1.165, 1.54) is 36.1 Å². The van der Waals surface area contributed by atoms with Gasteiger partial charge in [0.1, 0.15) is 18.4 Å². The number of carbonyl (C=O) groups is 2. The van der Waals surface area contributed by atoms with Crippen molar-refractivity contribution in [2.75, 3.05) is 33.3 Å². The van der Waals surface area contributed by atoms with Crippen LogP contribution in [0.1, 0.15) is 27.7 Å². The zero-order valence-electron chi connectivity index (χ0n) is 19.1. The smallest absolute Gasteiger partial charge is 0.324 e. The molecule has 1 aromatic carbocycles. The van der Waals surface area contributed by atoms with Crippen LogP contribution in [0.2, 0.25) is 0 Å². The maximum Gasteiger partial charge on any atom is 0.324 e. The lowest BCUT2D eigenvalue weighted by molar-refractivity contribution is -0.148. The number of aliphatic carboxylic acids is 1. The van der Waals surface area contributed by atoms with Crippen LogP contribution in [0.4, 0.5) is 0 Å². The molecule has 9 nitrogen and oxygen atoms in total. The van der Waals surface area contributed by atoms with Crippen molar-refractivity contribution >= 4 is 21.9 Å². The summed E-state index contributed by atoms with van der Waals surface area (Å²) in [7, 11) is -2.10. The van der Waals surface area contributed by atoms with Crippen molar-refractivity contribution in [2.24, 2.45) is 0 Å². The summed E-state index contributed by atoms with van der Waals surface area (Å²) in [5.41, 5.74) is 0. The number of carbonyl (C=O) groups excluding carboxylic acids is 1. The molecule has 0 aliphatic carbocycles. The fourth-order valence-electron chi connectivity index (χ4n) is 3.54. The molecule has 32 heavy (non-hydrogen) atoms. The summed E-state index contributed by atoms with van der Waals surface area (Å²) in [6.07, 6.45) is 0. The molecule has 3 atom stereocenters. The average Bonchev–Trinajstić information content (AvgIpc) is 2.75. The molecule has 1 fully saturated rings. The Balaban J connectivity index is 2.13. The molecule has 1 aromatic rings. The van der Waals surface area contributed by atoms with Crippen molar-refractivity contribution < 1.29 is 27.9 Å². The van der Waals surface area contributed by atoms with Crippen LogP contribution in [0, 0.1) is 11.8 Å². The van der Waals surface area contributed by atoms with Crippen molar-refractivity contribution in [3.8, 4) is 17.6 Å². The SMILES string of the molecule is CCN(C)C(C)C#CCOc1ccc(S(=O)(=O)N2CCN(C(C)=O)C(C)C2C(=O)O)cc1. The number of benzene rings is 1. The molecule has 2 rings (SSSR count). The van der Waals surface area contributed by atoms with Gasteiger partial charge in [-0.15, -0.1) is 0 Å². The molecular weight excluding hydrogens is 434 g/mol. The highest BCUT2D eigenvalue weighted by molar-refractivity contribution is 7.89. The molecule has 0 spiro atoms. The summed E-state index contributed by atoms with van der Waals surface area (Å²) in [6.45, 7) is 8.01. The normalized spacial score (nSPS) is 20.4. The number of ether oxygens (including phenoxy) is 1. The highest BCUT2D eigenvalue weighted by Gasteiger charge is 2.45. The average molecular weight is 466 g/mol. The predicted octanol–water partition coefficient (Wildman–Crippen LogP) is 1.10. The van der Waals surface area contributed by atoms with Gasteiger partial charge in [-0.1, -0.05) is 18.8 Å². The van der Waals surface area contributed by atoms with E-state index >= 15 is 0 Å². The molecule has 0 bridgehead atoms. The number of hydrogen-bond acceptors (Lipinski definition) is 6. The Bertz CT molecular complexity index is 983. The molecule has 10 heteroatoms. The molecule has 0 radical (unpaired) electrons. The van der Waals surface area contributed by atoms with E-state index in [2.05, 4.69) is 16.7 Å². The van der Waals surface area contributed by atoms with Crippen molar-refractivity contribution in [3.63, 3.8) is 0 Å². The van der Waals surface area contributed by atoms with Crippen molar-refractivity contribution in [1.82, 2.24) is 14.1 Å². The van der Waals surface area contributed by atoms with Crippen LogP contribution in [0.3, 0.4) is 0 Å². The third-order valence-electron chi connectivity index (χ3n) is 5.69. The zero-order chi connectivity index (χ0) is 24.1. The lowest BCUT2D eigenvalue weighted by Gasteiger charge is -2.43. The Labute approximate surface area is 190 Å².